The van der Waals surface area contributed by atoms with Crippen LogP contribution in [0.25, 0.3) is 10.8 Å². The number of nitrogens with zero attached hydrogens (tertiary/aromatic N) is 4. The molecule has 3 heterocycles. The molecule has 0 bridgehead atoms. The van der Waals surface area contributed by atoms with E-state index in [0.717, 1.165) is 12.1 Å². The zero-order valence-electron chi connectivity index (χ0n) is 19.6. The minimum absolute atomic E-state index is 0.0496. The third-order valence-corrected chi connectivity index (χ3v) is 6.99. The number of benzene rings is 2. The fraction of sp³-hybridized carbons (Fsp3) is 0.192. The van der Waals surface area contributed by atoms with Crippen molar-refractivity contribution >= 4 is 33.9 Å². The smallest absolute Gasteiger partial charge is 0.273 e. The molecule has 1 aliphatic heterocycles. The first-order chi connectivity index (χ1) is 18.2. The fourth-order valence-electron chi connectivity index (χ4n) is 4.31. The number of carbonyl (C=O) groups is 2. The van der Waals surface area contributed by atoms with Gasteiger partial charge < -0.3 is 9.80 Å². The number of fused-ring (bicyclic) bond motifs is 1. The highest BCUT2D eigenvalue weighted by Gasteiger charge is 2.29. The predicted octanol–water partition coefficient (Wildman–Crippen LogP) is 2.97. The number of thiazole rings is 1. The van der Waals surface area contributed by atoms with E-state index in [1.807, 2.05) is 0 Å². The Hall–Kier alpha value is -4.50. The van der Waals surface area contributed by atoms with Crippen LogP contribution in [0, 0.1) is 29.8 Å². The first kappa shape index (κ1) is 25.2. The largest absolute Gasteiger partial charge is 0.335 e. The average molecular weight is 538 g/mol. The van der Waals surface area contributed by atoms with Gasteiger partial charge in [-0.25, -0.2) is 23.3 Å². The van der Waals surface area contributed by atoms with Crippen LogP contribution in [0.1, 0.15) is 37.1 Å². The van der Waals surface area contributed by atoms with Gasteiger partial charge in [-0.15, -0.1) is 17.8 Å². The molecule has 38 heavy (non-hydrogen) atoms. The number of rotatable bonds is 4. The molecule has 2 amide bonds. The van der Waals surface area contributed by atoms with Crippen LogP contribution in [0.5, 0.6) is 0 Å². The zero-order valence-corrected chi connectivity index (χ0v) is 20.4. The van der Waals surface area contributed by atoms with Gasteiger partial charge in [0.15, 0.2) is 16.6 Å². The number of nitrogens with one attached hydrogen (secondary N) is 1. The van der Waals surface area contributed by atoms with Gasteiger partial charge in [0.25, 0.3) is 17.4 Å². The third-order valence-electron chi connectivity index (χ3n) is 6.22. The quantitative estimate of drug-likeness (QED) is 0.404. The highest BCUT2D eigenvalue weighted by Crippen LogP contribution is 2.23. The van der Waals surface area contributed by atoms with E-state index in [4.69, 9.17) is 6.42 Å². The second kappa shape index (κ2) is 10.1. The molecule has 1 saturated heterocycles. The molecular formula is C26H18F3N5O3S. The van der Waals surface area contributed by atoms with E-state index in [2.05, 4.69) is 21.1 Å². The average Bonchev–Trinajstić information content (AvgIpc) is 3.41. The summed E-state index contributed by atoms with van der Waals surface area (Å²) in [4.78, 5) is 44.8. The van der Waals surface area contributed by atoms with Crippen LogP contribution in [-0.2, 0) is 6.42 Å². The molecule has 192 valence electrons. The summed E-state index contributed by atoms with van der Waals surface area (Å²) in [7, 11) is 0. The highest BCUT2D eigenvalue weighted by atomic mass is 32.1. The van der Waals surface area contributed by atoms with Gasteiger partial charge in [0.2, 0.25) is 0 Å². The summed E-state index contributed by atoms with van der Waals surface area (Å²) in [5.41, 5.74) is -0.300. The minimum Gasteiger partial charge on any atom is -0.335 e. The van der Waals surface area contributed by atoms with E-state index in [1.165, 1.54) is 39.3 Å². The highest BCUT2D eigenvalue weighted by molar-refractivity contribution is 7.10. The van der Waals surface area contributed by atoms with Crippen molar-refractivity contribution in [2.75, 3.05) is 26.2 Å². The Labute approximate surface area is 217 Å². The lowest BCUT2D eigenvalue weighted by molar-refractivity contribution is 0.0529. The van der Waals surface area contributed by atoms with Crippen molar-refractivity contribution in [3.05, 3.63) is 91.0 Å². The van der Waals surface area contributed by atoms with Crippen molar-refractivity contribution in [2.24, 2.45) is 0 Å². The number of aromatic nitrogens is 3. The van der Waals surface area contributed by atoms with Crippen molar-refractivity contribution in [2.45, 2.75) is 6.42 Å². The lowest BCUT2D eigenvalue weighted by atomic mass is 10.0. The topological polar surface area (TPSA) is 99.3 Å². The molecule has 0 unspecified atom stereocenters. The molecule has 4 aromatic rings. The molecule has 0 atom stereocenters. The maximum atomic E-state index is 14.7. The molecule has 5 rings (SSSR count). The molecule has 1 N–H and O–H groups in total. The summed E-state index contributed by atoms with van der Waals surface area (Å²) in [6.45, 7) is 0.585. The number of hydrogen-bond acceptors (Lipinski definition) is 6. The van der Waals surface area contributed by atoms with E-state index in [0.29, 0.717) is 16.1 Å². The standard InChI is InChI=1S/C26H18F3N5O3S/c1-2-22-30-21(13-38-22)26(37)34-7-5-33(6-8-34)25(36)18-9-14(10-19(28)23(18)29)11-20-16-4-3-15(27)12-17(16)24(35)32-31-20/h1,3-4,9-10,12-13H,5-8,11H2,(H,32,35). The Kier molecular flexibility index (Phi) is 6.69. The SMILES string of the molecule is C#Cc1nc(C(=O)N2CCN(C(=O)c3cc(Cc4n[nH]c(=O)c5cc(F)ccc45)cc(F)c3F)CC2)cs1. The summed E-state index contributed by atoms with van der Waals surface area (Å²) in [5.74, 6) is -1.78. The predicted molar refractivity (Wildman–Crippen MR) is 133 cm³/mol. The molecule has 0 radical (unpaired) electrons. The van der Waals surface area contributed by atoms with Crippen molar-refractivity contribution < 1.29 is 22.8 Å². The van der Waals surface area contributed by atoms with E-state index in [-0.39, 0.29) is 55.2 Å². The lowest BCUT2D eigenvalue weighted by Crippen LogP contribution is -2.50. The Morgan fingerprint density at radius 1 is 1.03 bits per heavy atom. The Morgan fingerprint density at radius 3 is 2.42 bits per heavy atom. The Bertz CT molecular complexity index is 1690. The number of halogens is 3. The molecule has 1 aliphatic rings. The number of amides is 2. The van der Waals surface area contributed by atoms with E-state index < -0.39 is 34.5 Å². The molecule has 0 saturated carbocycles. The Morgan fingerprint density at radius 2 is 1.74 bits per heavy atom. The molecule has 0 spiro atoms. The molecule has 0 aliphatic carbocycles. The summed E-state index contributed by atoms with van der Waals surface area (Å²) in [5, 5.41) is 8.62. The first-order valence-electron chi connectivity index (χ1n) is 11.4. The monoisotopic (exact) mass is 537 g/mol. The van der Waals surface area contributed by atoms with Gasteiger partial charge in [-0.3, -0.25) is 14.4 Å². The van der Waals surface area contributed by atoms with Gasteiger partial charge in [0.1, 0.15) is 11.5 Å². The minimum atomic E-state index is -1.29. The second-order valence-electron chi connectivity index (χ2n) is 8.57. The third kappa shape index (κ3) is 4.76. The summed E-state index contributed by atoms with van der Waals surface area (Å²) in [6, 6.07) is 5.79. The summed E-state index contributed by atoms with van der Waals surface area (Å²) in [6.07, 6.45) is 5.25. The fourth-order valence-corrected chi connectivity index (χ4v) is 4.90. The number of H-pyrrole nitrogens is 1. The number of piperazine rings is 1. The number of carbonyl (C=O) groups excluding carboxylic acids is 2. The molecule has 2 aromatic carbocycles. The van der Waals surface area contributed by atoms with Gasteiger partial charge in [-0.05, 0) is 41.8 Å². The summed E-state index contributed by atoms with van der Waals surface area (Å²) >= 11 is 1.18. The second-order valence-corrected chi connectivity index (χ2v) is 9.43. The Balaban J connectivity index is 1.35. The first-order valence-corrected chi connectivity index (χ1v) is 12.3. The van der Waals surface area contributed by atoms with Crippen molar-refractivity contribution in [1.82, 2.24) is 25.0 Å². The lowest BCUT2D eigenvalue weighted by Gasteiger charge is -2.34. The molecule has 12 heteroatoms. The molecular weight excluding hydrogens is 519 g/mol. The van der Waals surface area contributed by atoms with Crippen LogP contribution < -0.4 is 5.56 Å². The van der Waals surface area contributed by atoms with E-state index >= 15 is 0 Å². The van der Waals surface area contributed by atoms with Crippen LogP contribution in [-0.4, -0.2) is 63.0 Å². The van der Waals surface area contributed by atoms with Crippen LogP contribution in [0.3, 0.4) is 0 Å². The van der Waals surface area contributed by atoms with Crippen molar-refractivity contribution in [3.63, 3.8) is 0 Å². The van der Waals surface area contributed by atoms with Crippen molar-refractivity contribution in [1.29, 1.82) is 0 Å². The van der Waals surface area contributed by atoms with Gasteiger partial charge in [-0.2, -0.15) is 5.10 Å². The van der Waals surface area contributed by atoms with Gasteiger partial charge >= 0.3 is 0 Å². The van der Waals surface area contributed by atoms with E-state index in [1.54, 1.807) is 5.38 Å². The van der Waals surface area contributed by atoms with Gasteiger partial charge in [0, 0.05) is 43.4 Å². The number of aromatic amines is 1. The zero-order chi connectivity index (χ0) is 27.0. The van der Waals surface area contributed by atoms with Gasteiger partial charge in [0.05, 0.1) is 16.6 Å². The van der Waals surface area contributed by atoms with Crippen LogP contribution >= 0.6 is 11.3 Å². The number of terminal acetylenes is 1. The molecule has 1 fully saturated rings. The van der Waals surface area contributed by atoms with Gasteiger partial charge in [-0.1, -0.05) is 0 Å². The normalized spacial score (nSPS) is 13.5. The van der Waals surface area contributed by atoms with Crippen molar-refractivity contribution in [3.8, 4) is 12.3 Å². The maximum absolute atomic E-state index is 14.7. The summed E-state index contributed by atoms with van der Waals surface area (Å²) < 4.78 is 42.9. The van der Waals surface area contributed by atoms with Crippen LogP contribution in [0.4, 0.5) is 13.2 Å². The maximum Gasteiger partial charge on any atom is 0.273 e. The number of hydrogen-bond donors (Lipinski definition) is 1. The van der Waals surface area contributed by atoms with Crippen LogP contribution in [0.2, 0.25) is 0 Å². The van der Waals surface area contributed by atoms with E-state index in [9.17, 15) is 27.6 Å². The molecule has 8 nitrogen and oxygen atoms in total. The van der Waals surface area contributed by atoms with Crippen LogP contribution in [0.15, 0.2) is 40.5 Å². The molecule has 2 aromatic heterocycles.